The molecule has 0 aliphatic rings. The summed E-state index contributed by atoms with van der Waals surface area (Å²) in [6.07, 6.45) is 0. The lowest BCUT2D eigenvalue weighted by molar-refractivity contribution is 0.262. The Kier molecular flexibility index (Phi) is 4.70. The molecule has 0 unspecified atom stereocenters. The van der Waals surface area contributed by atoms with Gasteiger partial charge in [0.15, 0.2) is 0 Å². The summed E-state index contributed by atoms with van der Waals surface area (Å²) in [5.41, 5.74) is 0.801. The highest BCUT2D eigenvalue weighted by Crippen LogP contribution is 2.23. The van der Waals surface area contributed by atoms with Gasteiger partial charge in [0.25, 0.3) is 0 Å². The highest BCUT2D eigenvalue weighted by Gasteiger charge is 2.06. The van der Waals surface area contributed by atoms with Crippen molar-refractivity contribution in [2.75, 3.05) is 10.6 Å². The minimum Gasteiger partial charge on any atom is -0.308 e. The van der Waals surface area contributed by atoms with Crippen LogP contribution in [0.15, 0.2) is 36.4 Å². The molecule has 2 aromatic carbocycles. The third-order valence-electron chi connectivity index (χ3n) is 2.30. The van der Waals surface area contributed by atoms with Gasteiger partial charge in [-0.05, 0) is 36.4 Å². The molecule has 0 saturated carbocycles. The van der Waals surface area contributed by atoms with Crippen LogP contribution in [0.5, 0.6) is 0 Å². The Labute approximate surface area is 129 Å². The van der Waals surface area contributed by atoms with E-state index < -0.39 is 11.8 Å². The predicted octanol–water partition coefficient (Wildman–Crippen LogP) is 5.43. The van der Waals surface area contributed by atoms with Gasteiger partial charge in [-0.15, -0.1) is 0 Å². The van der Waals surface area contributed by atoms with Gasteiger partial charge in [-0.3, -0.25) is 0 Å². The van der Waals surface area contributed by atoms with Crippen LogP contribution in [0, 0.1) is 5.82 Å². The average molecular weight is 334 g/mol. The number of nitrogens with one attached hydrogen (secondary N) is 2. The molecule has 0 aliphatic carbocycles. The number of benzene rings is 2. The first kappa shape index (κ1) is 14.9. The van der Waals surface area contributed by atoms with Crippen LogP contribution in [-0.2, 0) is 0 Å². The van der Waals surface area contributed by atoms with Crippen molar-refractivity contribution in [2.24, 2.45) is 0 Å². The summed E-state index contributed by atoms with van der Waals surface area (Å²) in [7, 11) is 0. The Morgan fingerprint density at radius 3 is 2.10 bits per heavy atom. The molecular weight excluding hydrogens is 326 g/mol. The molecule has 2 amide bonds. The third-order valence-corrected chi connectivity index (χ3v) is 3.02. The summed E-state index contributed by atoms with van der Waals surface area (Å²) in [4.78, 5) is 11.8. The van der Waals surface area contributed by atoms with Crippen molar-refractivity contribution in [3.05, 3.63) is 57.3 Å². The largest absolute Gasteiger partial charge is 0.323 e. The van der Waals surface area contributed by atoms with Gasteiger partial charge in [0.05, 0.1) is 5.02 Å². The van der Waals surface area contributed by atoms with Crippen LogP contribution in [0.2, 0.25) is 15.1 Å². The molecule has 2 N–H and O–H groups in total. The molecule has 0 atom stereocenters. The molecule has 7 heteroatoms. The standard InChI is InChI=1S/C13H8Cl3FN2O/c14-7-3-8(15)5-10(4-7)19-13(20)18-9-1-2-12(17)11(16)6-9/h1-6H,(H2,18,19,20). The first-order valence-electron chi connectivity index (χ1n) is 5.43. The van der Waals surface area contributed by atoms with E-state index in [1.54, 1.807) is 18.2 Å². The van der Waals surface area contributed by atoms with Gasteiger partial charge in [0.1, 0.15) is 5.82 Å². The highest BCUT2D eigenvalue weighted by atomic mass is 35.5. The van der Waals surface area contributed by atoms with Crippen LogP contribution in [0.25, 0.3) is 0 Å². The van der Waals surface area contributed by atoms with Gasteiger partial charge in [0, 0.05) is 21.4 Å². The fraction of sp³-hybridized carbons (Fsp3) is 0. The molecule has 0 saturated heterocycles. The Hall–Kier alpha value is -1.49. The summed E-state index contributed by atoms with van der Waals surface area (Å²) in [6.45, 7) is 0. The molecule has 0 aromatic heterocycles. The van der Waals surface area contributed by atoms with Crippen molar-refractivity contribution < 1.29 is 9.18 Å². The van der Waals surface area contributed by atoms with Gasteiger partial charge < -0.3 is 10.6 Å². The fourth-order valence-corrected chi connectivity index (χ4v) is 2.20. The number of hydrogen-bond donors (Lipinski definition) is 2. The second kappa shape index (κ2) is 6.31. The second-order valence-electron chi connectivity index (χ2n) is 3.87. The van der Waals surface area contributed by atoms with E-state index in [1.165, 1.54) is 12.1 Å². The van der Waals surface area contributed by atoms with Gasteiger partial charge >= 0.3 is 6.03 Å². The first-order chi connectivity index (χ1) is 9.44. The summed E-state index contributed by atoms with van der Waals surface area (Å²) < 4.78 is 13.0. The summed E-state index contributed by atoms with van der Waals surface area (Å²) in [5.74, 6) is -0.556. The Balaban J connectivity index is 2.06. The molecule has 20 heavy (non-hydrogen) atoms. The minimum absolute atomic E-state index is 0.0754. The molecule has 0 heterocycles. The fourth-order valence-electron chi connectivity index (χ4n) is 1.49. The highest BCUT2D eigenvalue weighted by molar-refractivity contribution is 6.35. The van der Waals surface area contributed by atoms with Crippen LogP contribution in [0.4, 0.5) is 20.6 Å². The van der Waals surface area contributed by atoms with E-state index in [4.69, 9.17) is 34.8 Å². The van der Waals surface area contributed by atoms with Gasteiger partial charge in [-0.1, -0.05) is 34.8 Å². The zero-order chi connectivity index (χ0) is 14.7. The van der Waals surface area contributed by atoms with Crippen molar-refractivity contribution in [3.8, 4) is 0 Å². The van der Waals surface area contributed by atoms with E-state index in [1.807, 2.05) is 0 Å². The van der Waals surface area contributed by atoms with Crippen molar-refractivity contribution in [2.45, 2.75) is 0 Å². The van der Waals surface area contributed by atoms with Crippen LogP contribution in [0.3, 0.4) is 0 Å². The van der Waals surface area contributed by atoms with Crippen molar-refractivity contribution in [1.82, 2.24) is 0 Å². The number of anilines is 2. The van der Waals surface area contributed by atoms with Crippen molar-refractivity contribution in [3.63, 3.8) is 0 Å². The van der Waals surface area contributed by atoms with E-state index in [2.05, 4.69) is 10.6 Å². The summed E-state index contributed by atoms with van der Waals surface area (Å²) >= 11 is 17.3. The molecule has 0 radical (unpaired) electrons. The predicted molar refractivity (Wildman–Crippen MR) is 80.5 cm³/mol. The Morgan fingerprint density at radius 1 is 0.900 bits per heavy atom. The summed E-state index contributed by atoms with van der Waals surface area (Å²) in [6, 6.07) is 7.98. The lowest BCUT2D eigenvalue weighted by Crippen LogP contribution is -2.19. The molecule has 0 spiro atoms. The zero-order valence-electron chi connectivity index (χ0n) is 9.88. The zero-order valence-corrected chi connectivity index (χ0v) is 12.2. The number of hydrogen-bond acceptors (Lipinski definition) is 1. The van der Waals surface area contributed by atoms with E-state index in [0.29, 0.717) is 21.4 Å². The molecule has 104 valence electrons. The van der Waals surface area contributed by atoms with Gasteiger partial charge in [-0.25, -0.2) is 9.18 Å². The third kappa shape index (κ3) is 4.00. The minimum atomic E-state index is -0.556. The lowest BCUT2D eigenvalue weighted by atomic mass is 10.3. The maximum Gasteiger partial charge on any atom is 0.323 e. The van der Waals surface area contributed by atoms with Crippen LogP contribution in [0.1, 0.15) is 0 Å². The molecule has 0 bridgehead atoms. The molecule has 3 nitrogen and oxygen atoms in total. The smallest absolute Gasteiger partial charge is 0.308 e. The quantitative estimate of drug-likeness (QED) is 0.756. The molecule has 0 aliphatic heterocycles. The topological polar surface area (TPSA) is 41.1 Å². The monoisotopic (exact) mass is 332 g/mol. The SMILES string of the molecule is O=C(Nc1cc(Cl)cc(Cl)c1)Nc1ccc(F)c(Cl)c1. The summed E-state index contributed by atoms with van der Waals surface area (Å²) in [5, 5.41) is 5.79. The van der Waals surface area contributed by atoms with Crippen LogP contribution >= 0.6 is 34.8 Å². The number of rotatable bonds is 2. The molecule has 0 fully saturated rings. The number of urea groups is 1. The normalized spacial score (nSPS) is 10.2. The lowest BCUT2D eigenvalue weighted by Gasteiger charge is -2.09. The molecule has 2 rings (SSSR count). The number of halogens is 4. The van der Waals surface area contributed by atoms with Gasteiger partial charge in [-0.2, -0.15) is 0 Å². The van der Waals surface area contributed by atoms with Gasteiger partial charge in [0.2, 0.25) is 0 Å². The average Bonchev–Trinajstić information content (AvgIpc) is 2.32. The van der Waals surface area contributed by atoms with E-state index in [0.717, 1.165) is 6.07 Å². The Morgan fingerprint density at radius 2 is 1.50 bits per heavy atom. The molecule has 2 aromatic rings. The van der Waals surface area contributed by atoms with Crippen molar-refractivity contribution in [1.29, 1.82) is 0 Å². The number of carbonyl (C=O) groups is 1. The number of carbonyl (C=O) groups excluding carboxylic acids is 1. The maximum atomic E-state index is 13.0. The van der Waals surface area contributed by atoms with Crippen LogP contribution in [-0.4, -0.2) is 6.03 Å². The first-order valence-corrected chi connectivity index (χ1v) is 6.56. The van der Waals surface area contributed by atoms with E-state index >= 15 is 0 Å². The van der Waals surface area contributed by atoms with Crippen LogP contribution < -0.4 is 10.6 Å². The Bertz CT molecular complexity index is 644. The molecular formula is C13H8Cl3FN2O. The van der Waals surface area contributed by atoms with E-state index in [-0.39, 0.29) is 5.02 Å². The maximum absolute atomic E-state index is 13.0. The van der Waals surface area contributed by atoms with Crippen molar-refractivity contribution >= 4 is 52.2 Å². The second-order valence-corrected chi connectivity index (χ2v) is 5.15. The number of amides is 2. The van der Waals surface area contributed by atoms with E-state index in [9.17, 15) is 9.18 Å².